The summed E-state index contributed by atoms with van der Waals surface area (Å²) in [5.41, 5.74) is 3.10. The number of fused-ring (bicyclic) bond motifs is 5. The number of nitrogens with zero attached hydrogens (tertiary/aromatic N) is 1. The van der Waals surface area contributed by atoms with Crippen LogP contribution in [0.15, 0.2) is 16.5 Å². The number of hydrogen-bond acceptors (Lipinski definition) is 5. The largest absolute Gasteiger partial charge is 0.504 e. The Hall–Kier alpha value is -1.05. The van der Waals surface area contributed by atoms with Gasteiger partial charge >= 0.3 is 0 Å². The highest BCUT2D eigenvalue weighted by Crippen LogP contribution is 2.44. The lowest BCUT2D eigenvalue weighted by Gasteiger charge is -2.36. The van der Waals surface area contributed by atoms with Crippen LogP contribution in [0.25, 0.3) is 0 Å². The zero-order valence-electron chi connectivity index (χ0n) is 13.4. The highest BCUT2D eigenvalue weighted by atomic mass is 79.9. The molecular weight excluding hydrogens is 440 g/mol. The molecule has 0 bridgehead atoms. The molecule has 2 aliphatic rings. The molecule has 2 aromatic rings. The molecule has 0 saturated heterocycles. The molecule has 0 fully saturated rings. The highest BCUT2D eigenvalue weighted by molar-refractivity contribution is 8.93. The molecule has 1 aromatic carbocycles. The van der Waals surface area contributed by atoms with Gasteiger partial charge in [-0.1, -0.05) is 6.92 Å². The first-order chi connectivity index (χ1) is 10.7. The normalized spacial score (nSPS) is 20.9. The van der Waals surface area contributed by atoms with Crippen molar-refractivity contribution in [2.75, 3.05) is 0 Å². The second kappa shape index (κ2) is 7.45. The van der Waals surface area contributed by atoms with Gasteiger partial charge in [-0.3, -0.25) is 0 Å². The van der Waals surface area contributed by atoms with Gasteiger partial charge in [0, 0.05) is 19.0 Å². The van der Waals surface area contributed by atoms with Crippen LogP contribution >= 0.6 is 34.0 Å². The molecule has 1 aliphatic carbocycles. The van der Waals surface area contributed by atoms with Crippen LogP contribution in [0.2, 0.25) is 0 Å². The number of phenolic OH excluding ortho intramolecular Hbond substituents is 2. The van der Waals surface area contributed by atoms with E-state index in [0.717, 1.165) is 60.7 Å². The van der Waals surface area contributed by atoms with E-state index in [2.05, 4.69) is 17.2 Å². The summed E-state index contributed by atoms with van der Waals surface area (Å²) in [7, 11) is 0. The van der Waals surface area contributed by atoms with Crippen molar-refractivity contribution in [1.82, 2.24) is 10.3 Å². The Morgan fingerprint density at radius 3 is 2.75 bits per heavy atom. The first-order valence-electron chi connectivity index (χ1n) is 7.94. The number of aryl methyl sites for hydroxylation is 2. The predicted molar refractivity (Wildman–Crippen MR) is 102 cm³/mol. The average molecular weight is 462 g/mol. The Labute approximate surface area is 162 Å². The lowest BCUT2D eigenvalue weighted by molar-refractivity contribution is 0.331. The van der Waals surface area contributed by atoms with E-state index in [1.165, 1.54) is 0 Å². The van der Waals surface area contributed by atoms with E-state index in [4.69, 9.17) is 4.42 Å². The van der Waals surface area contributed by atoms with Crippen molar-refractivity contribution in [3.8, 4) is 11.5 Å². The molecule has 4 rings (SSSR count). The second-order valence-electron chi connectivity index (χ2n) is 6.21. The molecule has 0 radical (unpaired) electrons. The summed E-state index contributed by atoms with van der Waals surface area (Å²) in [5, 5.41) is 23.2. The van der Waals surface area contributed by atoms with Gasteiger partial charge in [-0.25, -0.2) is 4.98 Å². The molecule has 5 nitrogen and oxygen atoms in total. The number of hydrogen-bond donors (Lipinski definition) is 3. The van der Waals surface area contributed by atoms with E-state index in [9.17, 15) is 10.2 Å². The van der Waals surface area contributed by atoms with Crippen LogP contribution in [-0.2, 0) is 19.4 Å². The summed E-state index contributed by atoms with van der Waals surface area (Å²) in [6.07, 6.45) is 3.73. The van der Waals surface area contributed by atoms with Crippen LogP contribution in [0.3, 0.4) is 0 Å². The molecule has 132 valence electrons. The van der Waals surface area contributed by atoms with Crippen LogP contribution < -0.4 is 5.32 Å². The van der Waals surface area contributed by atoms with Gasteiger partial charge in [0.1, 0.15) is 5.76 Å². The molecule has 7 heteroatoms. The Morgan fingerprint density at radius 1 is 1.25 bits per heavy atom. The fourth-order valence-corrected chi connectivity index (χ4v) is 3.71. The zero-order valence-corrected chi connectivity index (χ0v) is 16.8. The Morgan fingerprint density at radius 2 is 2.00 bits per heavy atom. The maximum atomic E-state index is 9.89. The van der Waals surface area contributed by atoms with Crippen LogP contribution in [0.4, 0.5) is 0 Å². The quantitative estimate of drug-likeness (QED) is 0.593. The Kier molecular flexibility index (Phi) is 5.99. The standard InChI is InChI=1S/C17H20N2O3.2BrH/c1-2-3-15-19-12-8-18-11-5-4-9-6-13(20)14(21)7-10(9)16(11)17(12)22-15;;/h6-7,11,16,18,20-21H,2-5,8H2,1H3;2*1H/t11-,16-;;/m1../s1. The first kappa shape index (κ1) is 19.3. The molecule has 3 N–H and O–H groups in total. The molecule has 1 aromatic heterocycles. The highest BCUT2D eigenvalue weighted by Gasteiger charge is 2.39. The van der Waals surface area contributed by atoms with E-state index in [1.54, 1.807) is 12.1 Å². The topological polar surface area (TPSA) is 78.5 Å². The lowest BCUT2D eigenvalue weighted by atomic mass is 9.75. The van der Waals surface area contributed by atoms with Crippen LogP contribution in [0.5, 0.6) is 11.5 Å². The summed E-state index contributed by atoms with van der Waals surface area (Å²) in [5.74, 6) is 1.67. The van der Waals surface area contributed by atoms with Crippen LogP contribution in [0.1, 0.15) is 54.2 Å². The molecule has 24 heavy (non-hydrogen) atoms. The number of rotatable bonds is 2. The fourth-order valence-electron chi connectivity index (χ4n) is 3.71. The smallest absolute Gasteiger partial charge is 0.194 e. The minimum Gasteiger partial charge on any atom is -0.504 e. The third kappa shape index (κ3) is 3.09. The summed E-state index contributed by atoms with van der Waals surface area (Å²) in [6, 6.07) is 3.66. The van der Waals surface area contributed by atoms with Gasteiger partial charge in [0.05, 0.1) is 11.6 Å². The van der Waals surface area contributed by atoms with E-state index in [0.29, 0.717) is 6.04 Å². The maximum Gasteiger partial charge on any atom is 0.194 e. The fraction of sp³-hybridized carbons (Fsp3) is 0.471. The number of oxazole rings is 1. The Balaban J connectivity index is 0.00000104. The SMILES string of the molecule is Br.Br.CCCc1nc2c(o1)[C@@H]1c3cc(O)c(O)cc3CC[C@H]1NC2. The summed E-state index contributed by atoms with van der Waals surface area (Å²) in [4.78, 5) is 4.60. The number of nitrogens with one attached hydrogen (secondary N) is 1. The van der Waals surface area contributed by atoms with Crippen molar-refractivity contribution in [2.24, 2.45) is 0 Å². The third-order valence-corrected chi connectivity index (χ3v) is 4.75. The summed E-state index contributed by atoms with van der Waals surface area (Å²) >= 11 is 0. The van der Waals surface area contributed by atoms with E-state index >= 15 is 0 Å². The van der Waals surface area contributed by atoms with Gasteiger partial charge in [0.2, 0.25) is 0 Å². The summed E-state index contributed by atoms with van der Waals surface area (Å²) < 4.78 is 6.05. The monoisotopic (exact) mass is 460 g/mol. The van der Waals surface area contributed by atoms with Gasteiger partial charge in [-0.15, -0.1) is 34.0 Å². The Bertz CT molecular complexity index is 733. The van der Waals surface area contributed by atoms with Gasteiger partial charge in [0.15, 0.2) is 17.4 Å². The van der Waals surface area contributed by atoms with E-state index in [1.807, 2.05) is 0 Å². The molecule has 0 spiro atoms. The third-order valence-electron chi connectivity index (χ3n) is 4.75. The van der Waals surface area contributed by atoms with Gasteiger partial charge in [-0.05, 0) is 42.5 Å². The average Bonchev–Trinajstić information content (AvgIpc) is 2.91. The van der Waals surface area contributed by atoms with Crippen LogP contribution in [0, 0.1) is 0 Å². The van der Waals surface area contributed by atoms with E-state index < -0.39 is 0 Å². The summed E-state index contributed by atoms with van der Waals surface area (Å²) in [6.45, 7) is 2.85. The number of phenols is 2. The van der Waals surface area contributed by atoms with Gasteiger partial charge < -0.3 is 19.9 Å². The zero-order chi connectivity index (χ0) is 15.3. The number of aromatic nitrogens is 1. The molecule has 0 saturated carbocycles. The van der Waals surface area contributed by atoms with Crippen molar-refractivity contribution in [3.05, 3.63) is 40.6 Å². The van der Waals surface area contributed by atoms with Crippen molar-refractivity contribution in [3.63, 3.8) is 0 Å². The number of aromatic hydroxyl groups is 2. The predicted octanol–water partition coefficient (Wildman–Crippen LogP) is 3.74. The number of halogens is 2. The van der Waals surface area contributed by atoms with Crippen molar-refractivity contribution in [1.29, 1.82) is 0 Å². The number of benzene rings is 1. The van der Waals surface area contributed by atoms with Crippen molar-refractivity contribution < 1.29 is 14.6 Å². The van der Waals surface area contributed by atoms with E-state index in [-0.39, 0.29) is 51.4 Å². The maximum absolute atomic E-state index is 9.89. The minimum absolute atomic E-state index is 0. The van der Waals surface area contributed by atoms with Crippen molar-refractivity contribution >= 4 is 34.0 Å². The minimum atomic E-state index is -0.0696. The molecule has 1 aliphatic heterocycles. The molecule has 2 atom stereocenters. The molecular formula is C17H22Br2N2O3. The molecule has 0 amide bonds. The lowest BCUT2D eigenvalue weighted by Crippen LogP contribution is -2.42. The van der Waals surface area contributed by atoms with Crippen molar-refractivity contribution in [2.45, 2.75) is 51.1 Å². The van der Waals surface area contributed by atoms with Gasteiger partial charge in [-0.2, -0.15) is 0 Å². The second-order valence-corrected chi connectivity index (χ2v) is 6.21. The first-order valence-corrected chi connectivity index (χ1v) is 7.94. The van der Waals surface area contributed by atoms with Gasteiger partial charge in [0.25, 0.3) is 0 Å². The molecule has 0 unspecified atom stereocenters. The van der Waals surface area contributed by atoms with Crippen LogP contribution in [-0.4, -0.2) is 21.2 Å². The molecule has 2 heterocycles.